The van der Waals surface area contributed by atoms with Crippen molar-refractivity contribution in [2.24, 2.45) is 11.3 Å². The van der Waals surface area contributed by atoms with Gasteiger partial charge in [-0.05, 0) is 70.0 Å². The molecule has 0 aliphatic carbocycles. The predicted molar refractivity (Wildman–Crippen MR) is 119 cm³/mol. The first-order chi connectivity index (χ1) is 13.7. The molecule has 164 valence electrons. The van der Waals surface area contributed by atoms with Crippen molar-refractivity contribution in [2.75, 3.05) is 32.8 Å². The first-order valence-corrected chi connectivity index (χ1v) is 12.6. The Hall–Kier alpha value is -1.11. The van der Waals surface area contributed by atoms with Crippen LogP contribution < -0.4 is 4.74 Å². The van der Waals surface area contributed by atoms with Crippen molar-refractivity contribution in [3.05, 3.63) is 29.8 Å². The van der Waals surface area contributed by atoms with Crippen LogP contribution in [0, 0.1) is 11.3 Å². The van der Waals surface area contributed by atoms with E-state index in [9.17, 15) is 8.42 Å². The molecule has 5 nitrogen and oxygen atoms in total. The third-order valence-electron chi connectivity index (χ3n) is 6.59. The highest BCUT2D eigenvalue weighted by Gasteiger charge is 2.40. The summed E-state index contributed by atoms with van der Waals surface area (Å²) >= 11 is 0. The van der Waals surface area contributed by atoms with Gasteiger partial charge in [0.25, 0.3) is 0 Å². The van der Waals surface area contributed by atoms with Gasteiger partial charge in [0.15, 0.2) is 0 Å². The third kappa shape index (κ3) is 5.53. The maximum absolute atomic E-state index is 12.4. The zero-order valence-electron chi connectivity index (χ0n) is 18.6. The summed E-state index contributed by atoms with van der Waals surface area (Å²) in [7, 11) is -3.11. The topological polar surface area (TPSA) is 49.9 Å². The summed E-state index contributed by atoms with van der Waals surface area (Å²) in [4.78, 5) is 2.53. The molecule has 1 aromatic rings. The molecule has 6 heteroatoms. The lowest BCUT2D eigenvalue weighted by Gasteiger charge is -2.46. The van der Waals surface area contributed by atoms with E-state index in [0.29, 0.717) is 24.4 Å². The van der Waals surface area contributed by atoms with Gasteiger partial charge in [-0.2, -0.15) is 0 Å². The highest BCUT2D eigenvalue weighted by atomic mass is 32.2. The van der Waals surface area contributed by atoms with Gasteiger partial charge in [0.1, 0.15) is 5.75 Å². The van der Waals surface area contributed by atoms with E-state index in [1.807, 2.05) is 6.07 Å². The van der Waals surface area contributed by atoms with Crippen molar-refractivity contribution in [2.45, 2.75) is 65.2 Å². The van der Waals surface area contributed by atoms with Gasteiger partial charge in [0.2, 0.25) is 10.0 Å². The van der Waals surface area contributed by atoms with Gasteiger partial charge in [-0.25, -0.2) is 12.7 Å². The van der Waals surface area contributed by atoms with E-state index in [1.165, 1.54) is 5.56 Å². The minimum atomic E-state index is -3.11. The molecule has 0 amide bonds. The highest BCUT2D eigenvalue weighted by Crippen LogP contribution is 2.42. The normalized spacial score (nSPS) is 21.2. The number of rotatable bonds is 7. The number of hydrogen-bond acceptors (Lipinski definition) is 4. The van der Waals surface area contributed by atoms with Crippen molar-refractivity contribution in [1.29, 1.82) is 0 Å². The van der Waals surface area contributed by atoms with Crippen LogP contribution in [0.4, 0.5) is 0 Å². The lowest BCUT2D eigenvalue weighted by molar-refractivity contribution is 0.0524. The van der Waals surface area contributed by atoms with Gasteiger partial charge in [-0.1, -0.05) is 32.0 Å². The standard InChI is InChI=1S/C23H38N2O3S/c1-19(2)18-28-22-8-6-5-7-21(22)17-24-13-9-23(10-14-24)11-15-25(16-12-23)29(26,27)20(3)4/h5-8,19-20H,9-18H2,1-4H3. The predicted octanol–water partition coefficient (Wildman–Crippen LogP) is 4.14. The molecule has 0 saturated carbocycles. The Morgan fingerprint density at radius 3 is 2.14 bits per heavy atom. The average molecular weight is 423 g/mol. The molecule has 3 rings (SSSR count). The molecule has 2 aliphatic heterocycles. The number of piperidine rings is 2. The lowest BCUT2D eigenvalue weighted by atomic mass is 9.71. The van der Waals surface area contributed by atoms with Gasteiger partial charge < -0.3 is 4.74 Å². The number of nitrogens with zero attached hydrogens (tertiary/aromatic N) is 2. The molecule has 2 aliphatic rings. The SMILES string of the molecule is CC(C)COc1ccccc1CN1CCC2(CC1)CCN(S(=O)(=O)C(C)C)CC2. The number of sulfonamides is 1. The van der Waals surface area contributed by atoms with Crippen LogP contribution in [-0.4, -0.2) is 55.7 Å². The summed E-state index contributed by atoms with van der Waals surface area (Å²) in [5.41, 5.74) is 1.59. The van der Waals surface area contributed by atoms with Crippen molar-refractivity contribution in [3.8, 4) is 5.75 Å². The first-order valence-electron chi connectivity index (χ1n) is 11.1. The quantitative estimate of drug-likeness (QED) is 0.663. The largest absolute Gasteiger partial charge is 0.493 e. The van der Waals surface area contributed by atoms with Crippen LogP contribution in [0.2, 0.25) is 0 Å². The molecule has 2 heterocycles. The summed E-state index contributed by atoms with van der Waals surface area (Å²) in [6.07, 6.45) is 4.33. The first kappa shape index (κ1) is 22.6. The zero-order chi connectivity index (χ0) is 21.1. The Balaban J connectivity index is 1.53. The van der Waals surface area contributed by atoms with Gasteiger partial charge in [-0.15, -0.1) is 0 Å². The Labute approximate surface area is 177 Å². The van der Waals surface area contributed by atoms with Gasteiger partial charge in [0, 0.05) is 25.2 Å². The molecule has 0 aromatic heterocycles. The fraction of sp³-hybridized carbons (Fsp3) is 0.739. The molecule has 2 saturated heterocycles. The molecule has 0 radical (unpaired) electrons. The van der Waals surface area contributed by atoms with Crippen molar-refractivity contribution in [1.82, 2.24) is 9.21 Å². The summed E-state index contributed by atoms with van der Waals surface area (Å²) in [6, 6.07) is 8.39. The van der Waals surface area contributed by atoms with Crippen LogP contribution in [0.1, 0.15) is 58.9 Å². The number of ether oxygens (including phenoxy) is 1. The molecular weight excluding hydrogens is 384 g/mol. The second-order valence-corrected chi connectivity index (χ2v) is 12.1. The molecule has 29 heavy (non-hydrogen) atoms. The second kappa shape index (κ2) is 9.36. The lowest BCUT2D eigenvalue weighted by Crippen LogP contribution is -2.49. The van der Waals surface area contributed by atoms with Crippen LogP contribution in [0.3, 0.4) is 0 Å². The van der Waals surface area contributed by atoms with Crippen LogP contribution in [0.5, 0.6) is 5.75 Å². The maximum atomic E-state index is 12.4. The minimum absolute atomic E-state index is 0.323. The van der Waals surface area contributed by atoms with Gasteiger partial charge in [-0.3, -0.25) is 4.90 Å². The molecular formula is C23H38N2O3S. The summed E-state index contributed by atoms with van der Waals surface area (Å²) in [5, 5.41) is -0.323. The van der Waals surface area contributed by atoms with Crippen LogP contribution >= 0.6 is 0 Å². The third-order valence-corrected chi connectivity index (χ3v) is 8.87. The molecule has 1 spiro atoms. The molecule has 2 fully saturated rings. The highest BCUT2D eigenvalue weighted by molar-refractivity contribution is 7.89. The fourth-order valence-corrected chi connectivity index (χ4v) is 5.76. The number of benzene rings is 1. The molecule has 0 unspecified atom stereocenters. The molecule has 1 aromatic carbocycles. The summed E-state index contributed by atoms with van der Waals surface area (Å²) in [5.74, 6) is 1.52. The van der Waals surface area contributed by atoms with Crippen molar-refractivity contribution in [3.63, 3.8) is 0 Å². The van der Waals surface area contributed by atoms with E-state index in [2.05, 4.69) is 36.9 Å². The maximum Gasteiger partial charge on any atom is 0.216 e. The van der Waals surface area contributed by atoms with Gasteiger partial charge >= 0.3 is 0 Å². The molecule has 0 bridgehead atoms. The Morgan fingerprint density at radius 1 is 0.966 bits per heavy atom. The van der Waals surface area contributed by atoms with Gasteiger partial charge in [0.05, 0.1) is 11.9 Å². The minimum Gasteiger partial charge on any atom is -0.493 e. The number of hydrogen-bond donors (Lipinski definition) is 0. The Kier molecular flexibility index (Phi) is 7.28. The van der Waals surface area contributed by atoms with E-state index >= 15 is 0 Å². The fourth-order valence-electron chi connectivity index (χ4n) is 4.47. The smallest absolute Gasteiger partial charge is 0.216 e. The van der Waals surface area contributed by atoms with E-state index in [0.717, 1.165) is 57.7 Å². The van der Waals surface area contributed by atoms with Crippen LogP contribution in [0.25, 0.3) is 0 Å². The monoisotopic (exact) mass is 422 g/mol. The summed E-state index contributed by atoms with van der Waals surface area (Å²) in [6.45, 7) is 13.1. The van der Waals surface area contributed by atoms with Crippen molar-refractivity contribution >= 4 is 10.0 Å². The van der Waals surface area contributed by atoms with E-state index in [1.54, 1.807) is 18.2 Å². The number of likely N-dealkylation sites (tertiary alicyclic amines) is 1. The van der Waals surface area contributed by atoms with Crippen LogP contribution in [-0.2, 0) is 16.6 Å². The Bertz CT molecular complexity index is 758. The molecule has 0 atom stereocenters. The van der Waals surface area contributed by atoms with E-state index in [-0.39, 0.29) is 5.25 Å². The van der Waals surface area contributed by atoms with E-state index < -0.39 is 10.0 Å². The van der Waals surface area contributed by atoms with E-state index in [4.69, 9.17) is 4.74 Å². The Morgan fingerprint density at radius 2 is 1.55 bits per heavy atom. The second-order valence-electron chi connectivity index (χ2n) is 9.58. The average Bonchev–Trinajstić information content (AvgIpc) is 2.69. The molecule has 0 N–H and O–H groups in total. The summed E-state index contributed by atoms with van der Waals surface area (Å²) < 4.78 is 32.6. The van der Waals surface area contributed by atoms with Crippen molar-refractivity contribution < 1.29 is 13.2 Å². The zero-order valence-corrected chi connectivity index (χ0v) is 19.4. The number of para-hydroxylation sites is 1. The van der Waals surface area contributed by atoms with Crippen LogP contribution in [0.15, 0.2) is 24.3 Å².